The van der Waals surface area contributed by atoms with Crippen LogP contribution in [0.25, 0.3) is 0 Å². The average molecular weight is 767 g/mol. The zero-order chi connectivity index (χ0) is 40.2. The van der Waals surface area contributed by atoms with Crippen LogP contribution in [-0.2, 0) is 40.0 Å². The average Bonchev–Trinajstić information content (AvgIpc) is 3.86. The Morgan fingerprint density at radius 2 is 1.42 bits per heavy atom. The number of benzene rings is 1. The molecule has 3 fully saturated rings. The summed E-state index contributed by atoms with van der Waals surface area (Å²) in [5.41, 5.74) is 6.17. The highest BCUT2D eigenvalue weighted by molar-refractivity contribution is 5.98. The van der Waals surface area contributed by atoms with Crippen LogP contribution in [0.1, 0.15) is 78.2 Å². The molecule has 0 spiro atoms. The second kappa shape index (κ2) is 19.9. The lowest BCUT2D eigenvalue weighted by molar-refractivity contribution is -0.147. The molecule has 3 saturated heterocycles. The molecule has 1 aromatic carbocycles. The van der Waals surface area contributed by atoms with Gasteiger partial charge in [-0.05, 0) is 55.9 Å². The molecule has 0 saturated carbocycles. The van der Waals surface area contributed by atoms with Gasteiger partial charge in [0.15, 0.2) is 5.96 Å². The van der Waals surface area contributed by atoms with E-state index >= 15 is 0 Å². The molecule has 7 atom stereocenters. The van der Waals surface area contributed by atoms with E-state index in [2.05, 4.69) is 31.9 Å². The normalized spacial score (nSPS) is 26.8. The number of guanidine groups is 1. The molecule has 9 N–H and O–H groups in total. The number of rotatable bonds is 9. The highest BCUT2D eigenvalue weighted by atomic mass is 16.2. The molecule has 4 rings (SSSR count). The van der Waals surface area contributed by atoms with E-state index in [9.17, 15) is 33.6 Å². The van der Waals surface area contributed by atoms with Crippen LogP contribution in [0.3, 0.4) is 0 Å². The molecule has 7 amide bonds. The lowest BCUT2D eigenvalue weighted by Crippen LogP contribution is -2.61. The minimum Gasteiger partial charge on any atom is -0.370 e. The number of carbonyl (C=O) groups excluding carboxylic acids is 7. The van der Waals surface area contributed by atoms with Crippen molar-refractivity contribution < 1.29 is 33.6 Å². The first kappa shape index (κ1) is 42.5. The highest BCUT2D eigenvalue weighted by Crippen LogP contribution is 2.25. The molecule has 17 nitrogen and oxygen atoms in total. The largest absolute Gasteiger partial charge is 0.370 e. The fraction of sp³-hybridized carbons (Fsp3) is 0.632. The zero-order valence-electron chi connectivity index (χ0n) is 32.3. The summed E-state index contributed by atoms with van der Waals surface area (Å²) in [6.07, 6.45) is 2.91. The quantitative estimate of drug-likeness (QED) is 0.0894. The van der Waals surface area contributed by atoms with Crippen molar-refractivity contribution in [3.05, 3.63) is 35.9 Å². The third-order valence-corrected chi connectivity index (χ3v) is 10.7. The molecule has 17 heteroatoms. The standard InChI is InChI=1S/C38H58N10O7/c1-5-23(4)31-36(54)45-30(22(2)3)35(53)43-25(14-9-17-41-38(39)40)32(50)42-21-29(49)47-18-11-16-28(47)37(55)48-19-10-15-27(48)34(52)44-26(33(51)46-31)20-24-12-7-6-8-13-24/h6-8,12-13,22-23,25-28,30-31H,5,9-11,14-21H2,1-4H3,(H,42,50)(H,43,53)(H,44,52)(H,45,54)(H,46,51)(H4,39,40,41)/t23?,25-,26-,27-,28-,30-,31-/m0/s1. The molecule has 0 aromatic heterocycles. The lowest BCUT2D eigenvalue weighted by atomic mass is 9.95. The van der Waals surface area contributed by atoms with Crippen molar-refractivity contribution in [2.45, 2.75) is 115 Å². The topological polar surface area (TPSA) is 248 Å². The zero-order valence-corrected chi connectivity index (χ0v) is 32.3. The first-order chi connectivity index (χ1) is 26.2. The van der Waals surface area contributed by atoms with E-state index in [1.54, 1.807) is 20.8 Å². The predicted octanol–water partition coefficient (Wildman–Crippen LogP) is -0.755. The van der Waals surface area contributed by atoms with E-state index in [-0.39, 0.29) is 37.2 Å². The minimum atomic E-state index is -1.12. The van der Waals surface area contributed by atoms with E-state index in [1.165, 1.54) is 9.80 Å². The molecule has 55 heavy (non-hydrogen) atoms. The van der Waals surface area contributed by atoms with Crippen LogP contribution in [0.4, 0.5) is 0 Å². The van der Waals surface area contributed by atoms with Crippen LogP contribution < -0.4 is 37.6 Å². The van der Waals surface area contributed by atoms with Gasteiger partial charge in [-0.3, -0.25) is 39.0 Å². The second-order valence-electron chi connectivity index (χ2n) is 15.0. The first-order valence-electron chi connectivity index (χ1n) is 19.4. The molecule has 3 aliphatic heterocycles. The number of hydrogen-bond acceptors (Lipinski definition) is 8. The number of fused-ring (bicyclic) bond motifs is 2. The fourth-order valence-corrected chi connectivity index (χ4v) is 7.32. The van der Waals surface area contributed by atoms with Crippen molar-refractivity contribution in [2.75, 3.05) is 26.2 Å². The molecule has 0 radical (unpaired) electrons. The van der Waals surface area contributed by atoms with Crippen molar-refractivity contribution in [3.63, 3.8) is 0 Å². The SMILES string of the molecule is CCC(C)[C@@H]1NC(=O)[C@H](Cc2ccccc2)NC(=O)[C@@H]2CCCN2C(=O)[C@@H]2CCCN2C(=O)CNC(=O)[C@H](CCCNC(=N)N)NC(=O)[C@H](C(C)C)NC1=O. The summed E-state index contributed by atoms with van der Waals surface area (Å²) in [7, 11) is 0. The monoisotopic (exact) mass is 766 g/mol. The summed E-state index contributed by atoms with van der Waals surface area (Å²) in [5.74, 6) is -4.94. The summed E-state index contributed by atoms with van der Waals surface area (Å²) in [4.78, 5) is 100. The summed E-state index contributed by atoms with van der Waals surface area (Å²) < 4.78 is 0. The smallest absolute Gasteiger partial charge is 0.246 e. The number of hydrogen-bond donors (Lipinski definition) is 8. The Kier molecular flexibility index (Phi) is 15.4. The Morgan fingerprint density at radius 1 is 0.800 bits per heavy atom. The van der Waals surface area contributed by atoms with Crippen LogP contribution >= 0.6 is 0 Å². The van der Waals surface area contributed by atoms with Crippen LogP contribution in [0.15, 0.2) is 30.3 Å². The minimum absolute atomic E-state index is 0.111. The van der Waals surface area contributed by atoms with Crippen LogP contribution in [0.5, 0.6) is 0 Å². The number of amides is 7. The maximum Gasteiger partial charge on any atom is 0.246 e. The van der Waals surface area contributed by atoms with Gasteiger partial charge in [-0.1, -0.05) is 64.4 Å². The van der Waals surface area contributed by atoms with Gasteiger partial charge in [-0.15, -0.1) is 0 Å². The molecule has 302 valence electrons. The van der Waals surface area contributed by atoms with Gasteiger partial charge < -0.3 is 47.4 Å². The Hall–Kier alpha value is -5.22. The van der Waals surface area contributed by atoms with E-state index < -0.39 is 84.2 Å². The van der Waals surface area contributed by atoms with Crippen molar-refractivity contribution >= 4 is 47.3 Å². The summed E-state index contributed by atoms with van der Waals surface area (Å²) in [6, 6.07) is 3.00. The molecule has 3 heterocycles. The van der Waals surface area contributed by atoms with Gasteiger partial charge in [0.05, 0.1) is 6.54 Å². The highest BCUT2D eigenvalue weighted by Gasteiger charge is 2.43. The second-order valence-corrected chi connectivity index (χ2v) is 15.0. The van der Waals surface area contributed by atoms with Crippen molar-refractivity contribution in [2.24, 2.45) is 17.6 Å². The third kappa shape index (κ3) is 11.4. The molecular formula is C38H58N10O7. The van der Waals surface area contributed by atoms with Gasteiger partial charge in [0.2, 0.25) is 41.4 Å². The lowest BCUT2D eigenvalue weighted by Gasteiger charge is -2.32. The van der Waals surface area contributed by atoms with Crippen LogP contribution in [0, 0.1) is 17.2 Å². The summed E-state index contributed by atoms with van der Waals surface area (Å²) >= 11 is 0. The van der Waals surface area contributed by atoms with Crippen LogP contribution in [-0.4, -0.2) is 120 Å². The summed E-state index contributed by atoms with van der Waals surface area (Å²) in [6.45, 7) is 7.54. The Balaban J connectivity index is 1.70. The van der Waals surface area contributed by atoms with Gasteiger partial charge in [0.1, 0.15) is 36.3 Å². The van der Waals surface area contributed by atoms with E-state index in [0.29, 0.717) is 51.6 Å². The molecule has 1 unspecified atom stereocenters. The fourth-order valence-electron chi connectivity index (χ4n) is 7.32. The molecule has 0 bridgehead atoms. The van der Waals surface area contributed by atoms with E-state index in [0.717, 1.165) is 5.56 Å². The number of carbonyl (C=O) groups is 7. The maximum absolute atomic E-state index is 14.1. The van der Waals surface area contributed by atoms with Crippen molar-refractivity contribution in [1.29, 1.82) is 5.41 Å². The van der Waals surface area contributed by atoms with E-state index in [4.69, 9.17) is 11.1 Å². The van der Waals surface area contributed by atoms with Crippen molar-refractivity contribution in [3.8, 4) is 0 Å². The van der Waals surface area contributed by atoms with Crippen LogP contribution in [0.2, 0.25) is 0 Å². The van der Waals surface area contributed by atoms with E-state index in [1.807, 2.05) is 37.3 Å². The number of nitrogens with one attached hydrogen (secondary N) is 7. The summed E-state index contributed by atoms with van der Waals surface area (Å²) in [5, 5.41) is 24.0. The van der Waals surface area contributed by atoms with Gasteiger partial charge in [-0.25, -0.2) is 0 Å². The third-order valence-electron chi connectivity index (χ3n) is 10.7. The Bertz CT molecular complexity index is 1570. The molecular weight excluding hydrogens is 708 g/mol. The van der Waals surface area contributed by atoms with Gasteiger partial charge in [-0.2, -0.15) is 0 Å². The number of nitrogens with zero attached hydrogens (tertiary/aromatic N) is 2. The first-order valence-corrected chi connectivity index (χ1v) is 19.4. The molecule has 0 aliphatic carbocycles. The molecule has 3 aliphatic rings. The predicted molar refractivity (Wildman–Crippen MR) is 204 cm³/mol. The Labute approximate surface area is 322 Å². The maximum atomic E-state index is 14.1. The molecule has 1 aromatic rings. The van der Waals surface area contributed by atoms with Gasteiger partial charge in [0.25, 0.3) is 0 Å². The Morgan fingerprint density at radius 3 is 2.07 bits per heavy atom. The van der Waals surface area contributed by atoms with Gasteiger partial charge in [0, 0.05) is 26.1 Å². The number of nitrogens with two attached hydrogens (primary N) is 1. The van der Waals surface area contributed by atoms with Gasteiger partial charge >= 0.3 is 0 Å². The van der Waals surface area contributed by atoms with Crippen molar-refractivity contribution in [1.82, 2.24) is 41.7 Å².